The van der Waals surface area contributed by atoms with E-state index in [4.69, 9.17) is 4.74 Å². The van der Waals surface area contributed by atoms with E-state index in [9.17, 15) is 4.79 Å². The monoisotopic (exact) mass is 268 g/mol. The van der Waals surface area contributed by atoms with E-state index >= 15 is 0 Å². The summed E-state index contributed by atoms with van der Waals surface area (Å²) in [6.07, 6.45) is 9.24. The van der Waals surface area contributed by atoms with Crippen molar-refractivity contribution in [1.82, 2.24) is 10.2 Å². The summed E-state index contributed by atoms with van der Waals surface area (Å²) >= 11 is 0. The van der Waals surface area contributed by atoms with Crippen molar-refractivity contribution in [2.24, 2.45) is 0 Å². The van der Waals surface area contributed by atoms with Crippen LogP contribution >= 0.6 is 0 Å². The number of carbonyl (C=O) groups is 1. The second-order valence-corrected chi connectivity index (χ2v) is 6.27. The third-order valence-electron chi connectivity index (χ3n) is 4.53. The molecule has 1 spiro atoms. The topological polar surface area (TPSA) is 41.6 Å². The van der Waals surface area contributed by atoms with Crippen LogP contribution in [0.5, 0.6) is 0 Å². The van der Waals surface area contributed by atoms with Crippen molar-refractivity contribution in [3.63, 3.8) is 0 Å². The van der Waals surface area contributed by atoms with Crippen molar-refractivity contribution < 1.29 is 9.53 Å². The summed E-state index contributed by atoms with van der Waals surface area (Å²) in [6, 6.07) is 0.529. The molecule has 0 aromatic rings. The SMILES string of the molecule is CN(C)C(=O)CCNC1CCOC2(CCCCC2)C1. The molecule has 4 heteroatoms. The summed E-state index contributed by atoms with van der Waals surface area (Å²) in [5.74, 6) is 0.201. The van der Waals surface area contributed by atoms with E-state index in [1.54, 1.807) is 4.90 Å². The average Bonchev–Trinajstić information content (AvgIpc) is 2.39. The molecule has 19 heavy (non-hydrogen) atoms. The molecule has 1 saturated carbocycles. The molecule has 1 aliphatic heterocycles. The lowest BCUT2D eigenvalue weighted by atomic mass is 9.78. The van der Waals surface area contributed by atoms with Gasteiger partial charge >= 0.3 is 0 Å². The minimum absolute atomic E-state index is 0.153. The molecule has 1 aliphatic carbocycles. The summed E-state index contributed by atoms with van der Waals surface area (Å²) in [7, 11) is 3.63. The van der Waals surface area contributed by atoms with Gasteiger partial charge in [-0.05, 0) is 25.7 Å². The van der Waals surface area contributed by atoms with Gasteiger partial charge in [-0.2, -0.15) is 0 Å². The van der Waals surface area contributed by atoms with E-state index in [1.165, 1.54) is 32.1 Å². The highest BCUT2D eigenvalue weighted by Crippen LogP contribution is 2.38. The fourth-order valence-electron chi connectivity index (χ4n) is 3.35. The summed E-state index contributed by atoms with van der Waals surface area (Å²) in [5.41, 5.74) is 0.153. The Morgan fingerprint density at radius 2 is 2.05 bits per heavy atom. The number of rotatable bonds is 4. The van der Waals surface area contributed by atoms with Crippen LogP contribution in [0.1, 0.15) is 51.4 Å². The van der Waals surface area contributed by atoms with Crippen LogP contribution in [0, 0.1) is 0 Å². The molecule has 1 N–H and O–H groups in total. The molecule has 2 rings (SSSR count). The van der Waals surface area contributed by atoms with Gasteiger partial charge in [-0.15, -0.1) is 0 Å². The molecule has 0 aromatic heterocycles. The predicted octanol–water partition coefficient (Wildman–Crippen LogP) is 1.94. The largest absolute Gasteiger partial charge is 0.375 e. The average molecular weight is 268 g/mol. The molecule has 0 aromatic carbocycles. The molecule has 2 aliphatic rings. The highest BCUT2D eigenvalue weighted by Gasteiger charge is 2.38. The first-order valence-electron chi connectivity index (χ1n) is 7.69. The third-order valence-corrected chi connectivity index (χ3v) is 4.53. The van der Waals surface area contributed by atoms with Gasteiger partial charge in [0.05, 0.1) is 5.60 Å². The van der Waals surface area contributed by atoms with Crippen molar-refractivity contribution in [1.29, 1.82) is 0 Å². The van der Waals surface area contributed by atoms with E-state index in [-0.39, 0.29) is 11.5 Å². The lowest BCUT2D eigenvalue weighted by Crippen LogP contribution is -2.48. The summed E-state index contributed by atoms with van der Waals surface area (Å²) in [6.45, 7) is 1.66. The predicted molar refractivity (Wildman–Crippen MR) is 76.1 cm³/mol. The molecule has 1 amide bonds. The van der Waals surface area contributed by atoms with Crippen LogP contribution in [-0.2, 0) is 9.53 Å². The van der Waals surface area contributed by atoms with E-state index in [0.29, 0.717) is 12.5 Å². The highest BCUT2D eigenvalue weighted by molar-refractivity contribution is 5.75. The number of carbonyl (C=O) groups excluding carboxylic acids is 1. The van der Waals surface area contributed by atoms with Gasteiger partial charge in [0.15, 0.2) is 0 Å². The Balaban J connectivity index is 1.73. The van der Waals surface area contributed by atoms with Crippen LogP contribution in [0.2, 0.25) is 0 Å². The maximum atomic E-state index is 11.5. The van der Waals surface area contributed by atoms with E-state index in [2.05, 4.69) is 5.32 Å². The van der Waals surface area contributed by atoms with Gasteiger partial charge in [0, 0.05) is 39.7 Å². The number of ether oxygens (including phenoxy) is 1. The van der Waals surface area contributed by atoms with Gasteiger partial charge in [0.25, 0.3) is 0 Å². The second-order valence-electron chi connectivity index (χ2n) is 6.27. The molecule has 4 nitrogen and oxygen atoms in total. The smallest absolute Gasteiger partial charge is 0.223 e. The molecule has 1 heterocycles. The zero-order valence-electron chi connectivity index (χ0n) is 12.4. The molecular formula is C15H28N2O2. The number of amides is 1. The van der Waals surface area contributed by atoms with Gasteiger partial charge in [0.1, 0.15) is 0 Å². The van der Waals surface area contributed by atoms with Gasteiger partial charge in [0.2, 0.25) is 5.91 Å². The fraction of sp³-hybridized carbons (Fsp3) is 0.933. The van der Waals surface area contributed by atoms with Crippen LogP contribution < -0.4 is 5.32 Å². The molecular weight excluding hydrogens is 240 g/mol. The van der Waals surface area contributed by atoms with Crippen molar-refractivity contribution in [2.45, 2.75) is 63.0 Å². The third kappa shape index (κ3) is 4.18. The lowest BCUT2D eigenvalue weighted by Gasteiger charge is -2.43. The Bertz CT molecular complexity index is 293. The van der Waals surface area contributed by atoms with E-state index in [1.807, 2.05) is 14.1 Å². The van der Waals surface area contributed by atoms with E-state index in [0.717, 1.165) is 26.0 Å². The molecule has 2 fully saturated rings. The number of nitrogens with one attached hydrogen (secondary N) is 1. The van der Waals surface area contributed by atoms with Crippen molar-refractivity contribution in [3.8, 4) is 0 Å². The number of hydrogen-bond acceptors (Lipinski definition) is 3. The zero-order valence-corrected chi connectivity index (χ0v) is 12.4. The molecule has 0 bridgehead atoms. The zero-order chi connectivity index (χ0) is 13.7. The Morgan fingerprint density at radius 3 is 2.74 bits per heavy atom. The van der Waals surface area contributed by atoms with Crippen molar-refractivity contribution in [3.05, 3.63) is 0 Å². The van der Waals surface area contributed by atoms with Gasteiger partial charge < -0.3 is 15.0 Å². The molecule has 1 atom stereocenters. The van der Waals surface area contributed by atoms with E-state index < -0.39 is 0 Å². The summed E-state index contributed by atoms with van der Waals surface area (Å²) in [5, 5.41) is 3.55. The quantitative estimate of drug-likeness (QED) is 0.847. The maximum absolute atomic E-state index is 11.5. The van der Waals surface area contributed by atoms with Gasteiger partial charge in [-0.3, -0.25) is 4.79 Å². The second kappa shape index (κ2) is 6.71. The maximum Gasteiger partial charge on any atom is 0.223 e. The van der Waals surface area contributed by atoms with Crippen molar-refractivity contribution >= 4 is 5.91 Å². The first-order valence-corrected chi connectivity index (χ1v) is 7.69. The van der Waals surface area contributed by atoms with Crippen LogP contribution in [0.4, 0.5) is 0 Å². The summed E-state index contributed by atoms with van der Waals surface area (Å²) in [4.78, 5) is 13.2. The first kappa shape index (κ1) is 14.8. The van der Waals surface area contributed by atoms with Gasteiger partial charge in [-0.25, -0.2) is 0 Å². The minimum atomic E-state index is 0.153. The molecule has 1 unspecified atom stereocenters. The van der Waals surface area contributed by atoms with Gasteiger partial charge in [-0.1, -0.05) is 19.3 Å². The fourth-order valence-corrected chi connectivity index (χ4v) is 3.35. The van der Waals surface area contributed by atoms with Crippen LogP contribution in [0.3, 0.4) is 0 Å². The Kier molecular flexibility index (Phi) is 5.22. The first-order chi connectivity index (χ1) is 9.11. The Hall–Kier alpha value is -0.610. The Labute approximate surface area is 116 Å². The minimum Gasteiger partial charge on any atom is -0.375 e. The standard InChI is InChI=1S/C15H28N2O2/c1-17(2)14(18)6-10-16-13-7-11-19-15(12-13)8-4-3-5-9-15/h13,16H,3-12H2,1-2H3. The summed E-state index contributed by atoms with van der Waals surface area (Å²) < 4.78 is 6.09. The molecule has 1 saturated heterocycles. The number of nitrogens with zero attached hydrogens (tertiary/aromatic N) is 1. The van der Waals surface area contributed by atoms with Crippen molar-refractivity contribution in [2.75, 3.05) is 27.2 Å². The molecule has 110 valence electrons. The van der Waals surface area contributed by atoms with Crippen LogP contribution in [0.15, 0.2) is 0 Å². The lowest BCUT2D eigenvalue weighted by molar-refractivity contribution is -0.128. The highest BCUT2D eigenvalue weighted by atomic mass is 16.5. The number of hydrogen-bond donors (Lipinski definition) is 1. The van der Waals surface area contributed by atoms with Crippen LogP contribution in [0.25, 0.3) is 0 Å². The normalized spacial score (nSPS) is 26.3. The van der Waals surface area contributed by atoms with Crippen LogP contribution in [-0.4, -0.2) is 49.7 Å². The Morgan fingerprint density at radius 1 is 1.32 bits per heavy atom. The molecule has 0 radical (unpaired) electrons.